The first-order chi connectivity index (χ1) is 12.8. The number of nitrogens with one attached hydrogen (secondary N) is 1. The highest BCUT2D eigenvalue weighted by Crippen LogP contribution is 2.34. The van der Waals surface area contributed by atoms with Gasteiger partial charge in [0, 0.05) is 11.8 Å². The number of nitrogens with zero attached hydrogens (tertiary/aromatic N) is 2. The number of rotatable bonds is 5. The maximum absolute atomic E-state index is 12.0. The van der Waals surface area contributed by atoms with E-state index in [-0.39, 0.29) is 18.3 Å². The fourth-order valence-corrected chi connectivity index (χ4v) is 5.17. The van der Waals surface area contributed by atoms with E-state index in [2.05, 4.69) is 15.2 Å². The number of piperidine rings is 2. The minimum atomic E-state index is -0.253. The molecular formula is C20H26ClN3O2S. The van der Waals surface area contributed by atoms with Crippen LogP contribution >= 0.6 is 24.2 Å². The Kier molecular flexibility index (Phi) is 7.21. The van der Waals surface area contributed by atoms with E-state index in [9.17, 15) is 4.79 Å². The third-order valence-corrected chi connectivity index (χ3v) is 6.55. The minimum Gasteiger partial charge on any atom is -0.459 e. The van der Waals surface area contributed by atoms with Gasteiger partial charge >= 0.3 is 0 Å². The van der Waals surface area contributed by atoms with E-state index in [1.54, 1.807) is 18.3 Å². The average Bonchev–Trinajstić information content (AvgIpc) is 3.22. The van der Waals surface area contributed by atoms with Gasteiger partial charge in [0.2, 0.25) is 0 Å². The van der Waals surface area contributed by atoms with Crippen LogP contribution in [-0.2, 0) is 0 Å². The van der Waals surface area contributed by atoms with Gasteiger partial charge in [-0.15, -0.1) is 24.2 Å². The number of halogens is 1. The van der Waals surface area contributed by atoms with Gasteiger partial charge in [-0.2, -0.15) is 0 Å². The molecule has 2 aromatic rings. The second-order valence-electron chi connectivity index (χ2n) is 7.13. The van der Waals surface area contributed by atoms with E-state index in [1.165, 1.54) is 51.5 Å². The van der Waals surface area contributed by atoms with E-state index < -0.39 is 0 Å². The van der Waals surface area contributed by atoms with E-state index >= 15 is 0 Å². The first-order valence-corrected chi connectivity index (χ1v) is 10.5. The van der Waals surface area contributed by atoms with Gasteiger partial charge in [-0.25, -0.2) is 4.98 Å². The summed E-state index contributed by atoms with van der Waals surface area (Å²) in [6.07, 6.45) is 9.98. The largest absolute Gasteiger partial charge is 0.459 e. The molecule has 0 unspecified atom stereocenters. The topological polar surface area (TPSA) is 58.4 Å². The number of carbonyl (C=O) groups excluding carboxylic acids is 1. The van der Waals surface area contributed by atoms with Gasteiger partial charge in [0.05, 0.1) is 23.2 Å². The lowest BCUT2D eigenvalue weighted by atomic mass is 9.85. The van der Waals surface area contributed by atoms with Gasteiger partial charge in [-0.05, 0) is 69.0 Å². The summed E-state index contributed by atoms with van der Waals surface area (Å²) in [5.41, 5.74) is 0.687. The first kappa shape index (κ1) is 20.2. The normalized spacial score (nSPS) is 22.5. The molecule has 0 spiro atoms. The molecule has 4 rings (SSSR count). The second kappa shape index (κ2) is 9.62. The van der Waals surface area contributed by atoms with Crippen LogP contribution in [0.25, 0.3) is 0 Å². The van der Waals surface area contributed by atoms with Crippen LogP contribution in [-0.4, -0.2) is 40.7 Å². The number of furan rings is 1. The molecule has 0 saturated carbocycles. The molecule has 146 valence electrons. The highest BCUT2D eigenvalue weighted by atomic mass is 35.5. The summed E-state index contributed by atoms with van der Waals surface area (Å²) in [7, 11) is 0. The zero-order valence-electron chi connectivity index (χ0n) is 15.3. The predicted molar refractivity (Wildman–Crippen MR) is 111 cm³/mol. The van der Waals surface area contributed by atoms with Crippen LogP contribution < -0.4 is 5.32 Å². The van der Waals surface area contributed by atoms with Crippen molar-refractivity contribution in [2.45, 2.75) is 43.2 Å². The van der Waals surface area contributed by atoms with Crippen molar-refractivity contribution >= 4 is 35.8 Å². The molecule has 27 heavy (non-hydrogen) atoms. The zero-order valence-corrected chi connectivity index (χ0v) is 16.9. The molecule has 2 fully saturated rings. The van der Waals surface area contributed by atoms with E-state index in [0.717, 1.165) is 22.7 Å². The Morgan fingerprint density at radius 1 is 1.22 bits per heavy atom. The molecular weight excluding hydrogens is 382 g/mol. The lowest BCUT2D eigenvalue weighted by molar-refractivity contribution is 0.0693. The lowest BCUT2D eigenvalue weighted by Gasteiger charge is -2.44. The van der Waals surface area contributed by atoms with Crippen LogP contribution in [0.3, 0.4) is 0 Å². The van der Waals surface area contributed by atoms with Gasteiger partial charge in [-0.1, -0.05) is 6.42 Å². The number of anilines is 1. The van der Waals surface area contributed by atoms with Crippen LogP contribution in [0.15, 0.2) is 46.2 Å². The molecule has 0 bridgehead atoms. The smallest absolute Gasteiger partial charge is 0.291 e. The predicted octanol–water partition coefficient (Wildman–Crippen LogP) is 4.71. The quantitative estimate of drug-likeness (QED) is 0.727. The van der Waals surface area contributed by atoms with Crippen molar-refractivity contribution in [3.8, 4) is 0 Å². The van der Waals surface area contributed by atoms with Crippen molar-refractivity contribution in [3.05, 3.63) is 42.5 Å². The Morgan fingerprint density at radius 3 is 2.89 bits per heavy atom. The van der Waals surface area contributed by atoms with E-state index in [4.69, 9.17) is 4.42 Å². The number of amides is 1. The highest BCUT2D eigenvalue weighted by Gasteiger charge is 2.32. The average molecular weight is 408 g/mol. The van der Waals surface area contributed by atoms with Crippen LogP contribution in [0.5, 0.6) is 0 Å². The third-order valence-electron chi connectivity index (χ3n) is 5.41. The first-order valence-electron chi connectivity index (χ1n) is 9.47. The molecule has 2 saturated heterocycles. The number of hydrogen-bond donors (Lipinski definition) is 1. The Balaban J connectivity index is 0.00000210. The van der Waals surface area contributed by atoms with Crippen molar-refractivity contribution in [2.24, 2.45) is 5.92 Å². The summed E-state index contributed by atoms with van der Waals surface area (Å²) in [6.45, 7) is 2.57. The molecule has 7 heteroatoms. The number of fused-ring (bicyclic) bond motifs is 1. The number of thioether (sulfide) groups is 1. The van der Waals surface area contributed by atoms with Crippen molar-refractivity contribution in [3.63, 3.8) is 0 Å². The van der Waals surface area contributed by atoms with Gasteiger partial charge in [0.15, 0.2) is 5.76 Å². The maximum Gasteiger partial charge on any atom is 0.291 e. The standard InChI is InChI=1S/C20H25N3O2S.ClH/c24-20(18-7-4-12-25-18)22-16-8-9-19(21-13-16)26-14-15-5-3-11-23-10-2-1-6-17(15)23;/h4,7-9,12-13,15,17H,1-3,5-6,10-11,14H2,(H,22,24);1H/t15-,17+;/m0./s1. The van der Waals surface area contributed by atoms with Crippen molar-refractivity contribution < 1.29 is 9.21 Å². The number of aromatic nitrogens is 1. The third kappa shape index (κ3) is 5.06. The molecule has 0 aromatic carbocycles. The molecule has 5 nitrogen and oxygen atoms in total. The molecule has 1 N–H and O–H groups in total. The maximum atomic E-state index is 12.0. The molecule has 0 aliphatic carbocycles. The molecule has 4 heterocycles. The molecule has 2 aromatic heterocycles. The van der Waals surface area contributed by atoms with Gasteiger partial charge in [0.1, 0.15) is 0 Å². The monoisotopic (exact) mass is 407 g/mol. The molecule has 0 radical (unpaired) electrons. The zero-order chi connectivity index (χ0) is 17.8. The van der Waals surface area contributed by atoms with Crippen molar-refractivity contribution in [2.75, 3.05) is 24.2 Å². The SMILES string of the molecule is Cl.O=C(Nc1ccc(SC[C@@H]2CCCN3CCCC[C@H]23)nc1)c1ccco1. The molecule has 1 amide bonds. The van der Waals surface area contributed by atoms with Crippen LogP contribution in [0.2, 0.25) is 0 Å². The van der Waals surface area contributed by atoms with Gasteiger partial charge in [0.25, 0.3) is 5.91 Å². The van der Waals surface area contributed by atoms with Gasteiger partial charge < -0.3 is 14.6 Å². The summed E-state index contributed by atoms with van der Waals surface area (Å²) >= 11 is 1.84. The fourth-order valence-electron chi connectivity index (χ4n) is 4.10. The van der Waals surface area contributed by atoms with Crippen molar-refractivity contribution in [1.29, 1.82) is 0 Å². The van der Waals surface area contributed by atoms with Crippen LogP contribution in [0.1, 0.15) is 42.7 Å². The number of carbonyl (C=O) groups is 1. The summed E-state index contributed by atoms with van der Waals surface area (Å²) in [6, 6.07) is 8.02. The van der Waals surface area contributed by atoms with Crippen LogP contribution in [0, 0.1) is 5.92 Å². The van der Waals surface area contributed by atoms with Crippen LogP contribution in [0.4, 0.5) is 5.69 Å². The Morgan fingerprint density at radius 2 is 2.11 bits per heavy atom. The second-order valence-corrected chi connectivity index (χ2v) is 8.17. The summed E-state index contributed by atoms with van der Waals surface area (Å²) in [4.78, 5) is 19.2. The summed E-state index contributed by atoms with van der Waals surface area (Å²) in [5, 5.41) is 3.83. The van der Waals surface area contributed by atoms with E-state index in [0.29, 0.717) is 11.4 Å². The fraction of sp³-hybridized carbons (Fsp3) is 0.500. The molecule has 2 aliphatic rings. The Bertz CT molecular complexity index is 721. The summed E-state index contributed by atoms with van der Waals surface area (Å²) < 4.78 is 5.10. The van der Waals surface area contributed by atoms with Gasteiger partial charge in [-0.3, -0.25) is 4.79 Å². The molecule has 2 aliphatic heterocycles. The Hall–Kier alpha value is -1.50. The Labute approximate surface area is 170 Å². The summed E-state index contributed by atoms with van der Waals surface area (Å²) in [5.74, 6) is 1.95. The lowest BCUT2D eigenvalue weighted by Crippen LogP contribution is -2.48. The number of hydrogen-bond acceptors (Lipinski definition) is 5. The van der Waals surface area contributed by atoms with E-state index in [1.807, 2.05) is 23.9 Å². The minimum absolute atomic E-state index is 0. The molecule has 2 atom stereocenters. The highest BCUT2D eigenvalue weighted by molar-refractivity contribution is 7.99. The van der Waals surface area contributed by atoms with Crippen molar-refractivity contribution in [1.82, 2.24) is 9.88 Å². The number of pyridine rings is 1.